The van der Waals surface area contributed by atoms with Crippen LogP contribution >= 0.6 is 23.2 Å². The van der Waals surface area contributed by atoms with Crippen molar-refractivity contribution in [3.8, 4) is 5.75 Å². The molecule has 0 aromatic heterocycles. The Kier molecular flexibility index (Phi) is 7.20. The third kappa shape index (κ3) is 5.31. The molecule has 0 bridgehead atoms. The standard InChI is InChI=1S/C19H22Cl2N2O4S/c1-12-5-8-18(27-3)17(9-12)23(28(4,25)26)13(2)19(24)22-11-14-6-7-15(20)10-16(14)21/h5-10,13H,11H2,1-4H3,(H,22,24)/t13-/m1/s1. The summed E-state index contributed by atoms with van der Waals surface area (Å²) in [7, 11) is -2.31. The molecule has 1 N–H and O–H groups in total. The molecule has 0 heterocycles. The minimum Gasteiger partial charge on any atom is -0.495 e. The monoisotopic (exact) mass is 444 g/mol. The number of carbonyl (C=O) groups is 1. The molecule has 0 aliphatic rings. The molecule has 1 atom stereocenters. The number of aryl methyl sites for hydroxylation is 1. The molecule has 0 aliphatic heterocycles. The van der Waals surface area contributed by atoms with E-state index in [1.54, 1.807) is 36.4 Å². The Morgan fingerprint density at radius 2 is 1.89 bits per heavy atom. The number of carbonyl (C=O) groups excluding carboxylic acids is 1. The Bertz CT molecular complexity index is 980. The van der Waals surface area contributed by atoms with Gasteiger partial charge in [0.15, 0.2) is 0 Å². The number of rotatable bonds is 7. The number of halogens is 2. The van der Waals surface area contributed by atoms with Gasteiger partial charge in [-0.15, -0.1) is 0 Å². The zero-order valence-corrected chi connectivity index (χ0v) is 18.3. The van der Waals surface area contributed by atoms with Crippen LogP contribution in [0.3, 0.4) is 0 Å². The SMILES string of the molecule is COc1ccc(C)cc1N([C@H](C)C(=O)NCc1ccc(Cl)cc1Cl)S(C)(=O)=O. The molecule has 1 amide bonds. The molecule has 0 radical (unpaired) electrons. The highest BCUT2D eigenvalue weighted by molar-refractivity contribution is 7.92. The number of methoxy groups -OCH3 is 1. The summed E-state index contributed by atoms with van der Waals surface area (Å²) in [5.74, 6) is -0.114. The zero-order valence-electron chi connectivity index (χ0n) is 16.0. The number of hydrogen-bond donors (Lipinski definition) is 1. The molecule has 0 spiro atoms. The van der Waals surface area contributed by atoms with E-state index in [2.05, 4.69) is 5.32 Å². The fraction of sp³-hybridized carbons (Fsp3) is 0.316. The van der Waals surface area contributed by atoms with Crippen LogP contribution in [0.15, 0.2) is 36.4 Å². The van der Waals surface area contributed by atoms with E-state index in [0.717, 1.165) is 16.1 Å². The van der Waals surface area contributed by atoms with Crippen molar-refractivity contribution in [3.05, 3.63) is 57.6 Å². The molecule has 28 heavy (non-hydrogen) atoms. The molecule has 0 fully saturated rings. The second-order valence-corrected chi connectivity index (χ2v) is 9.07. The zero-order chi connectivity index (χ0) is 21.1. The third-order valence-corrected chi connectivity index (χ3v) is 5.94. The van der Waals surface area contributed by atoms with Crippen molar-refractivity contribution >= 4 is 44.8 Å². The average Bonchev–Trinajstić information content (AvgIpc) is 2.59. The van der Waals surface area contributed by atoms with E-state index in [0.29, 0.717) is 27.0 Å². The van der Waals surface area contributed by atoms with Crippen LogP contribution in [0.4, 0.5) is 5.69 Å². The number of hydrogen-bond acceptors (Lipinski definition) is 4. The lowest BCUT2D eigenvalue weighted by Crippen LogP contribution is -2.47. The van der Waals surface area contributed by atoms with E-state index in [9.17, 15) is 13.2 Å². The van der Waals surface area contributed by atoms with E-state index in [-0.39, 0.29) is 6.54 Å². The van der Waals surface area contributed by atoms with Crippen molar-refractivity contribution < 1.29 is 17.9 Å². The minimum atomic E-state index is -3.76. The predicted molar refractivity (Wildman–Crippen MR) is 113 cm³/mol. The molecule has 2 aromatic rings. The first-order valence-electron chi connectivity index (χ1n) is 8.40. The maximum atomic E-state index is 12.7. The normalized spacial score (nSPS) is 12.4. The van der Waals surface area contributed by atoms with Gasteiger partial charge < -0.3 is 10.1 Å². The molecule has 0 aliphatic carbocycles. The van der Waals surface area contributed by atoms with Gasteiger partial charge in [0.25, 0.3) is 0 Å². The maximum absolute atomic E-state index is 12.7. The fourth-order valence-electron chi connectivity index (χ4n) is 2.75. The molecular weight excluding hydrogens is 423 g/mol. The highest BCUT2D eigenvalue weighted by atomic mass is 35.5. The number of benzene rings is 2. The van der Waals surface area contributed by atoms with E-state index < -0.39 is 22.0 Å². The first-order chi connectivity index (χ1) is 13.0. The molecule has 0 unspecified atom stereocenters. The van der Waals surface area contributed by atoms with Gasteiger partial charge in [-0.2, -0.15) is 0 Å². The van der Waals surface area contributed by atoms with Crippen molar-refractivity contribution in [2.24, 2.45) is 0 Å². The highest BCUT2D eigenvalue weighted by Gasteiger charge is 2.31. The second kappa shape index (κ2) is 9.03. The van der Waals surface area contributed by atoms with Gasteiger partial charge in [-0.1, -0.05) is 35.3 Å². The van der Waals surface area contributed by atoms with Gasteiger partial charge in [0, 0.05) is 16.6 Å². The van der Waals surface area contributed by atoms with Gasteiger partial charge in [-0.3, -0.25) is 9.10 Å². The summed E-state index contributed by atoms with van der Waals surface area (Å²) >= 11 is 12.0. The van der Waals surface area contributed by atoms with Crippen LogP contribution in [-0.4, -0.2) is 33.7 Å². The van der Waals surface area contributed by atoms with Crippen molar-refractivity contribution in [2.45, 2.75) is 26.4 Å². The summed E-state index contributed by atoms with van der Waals surface area (Å²) in [5.41, 5.74) is 1.81. The van der Waals surface area contributed by atoms with Gasteiger partial charge in [0.1, 0.15) is 11.8 Å². The summed E-state index contributed by atoms with van der Waals surface area (Å²) in [6.45, 7) is 3.49. The summed E-state index contributed by atoms with van der Waals surface area (Å²) in [6.07, 6.45) is 1.05. The first-order valence-corrected chi connectivity index (χ1v) is 11.0. The summed E-state index contributed by atoms with van der Waals surface area (Å²) in [5, 5.41) is 3.63. The maximum Gasteiger partial charge on any atom is 0.243 e. The molecule has 152 valence electrons. The molecule has 6 nitrogen and oxygen atoms in total. The molecule has 9 heteroatoms. The third-order valence-electron chi connectivity index (χ3n) is 4.13. The number of anilines is 1. The summed E-state index contributed by atoms with van der Waals surface area (Å²) < 4.78 is 31.3. The molecule has 0 saturated heterocycles. The molecular formula is C19H22Cl2N2O4S. The van der Waals surface area contributed by atoms with Crippen LogP contribution in [-0.2, 0) is 21.4 Å². The second-order valence-electron chi connectivity index (χ2n) is 6.36. The van der Waals surface area contributed by atoms with Gasteiger partial charge in [0.2, 0.25) is 15.9 Å². The average molecular weight is 445 g/mol. The Balaban J connectivity index is 2.29. The van der Waals surface area contributed by atoms with Crippen LogP contribution in [0.2, 0.25) is 10.0 Å². The smallest absolute Gasteiger partial charge is 0.243 e. The van der Waals surface area contributed by atoms with Gasteiger partial charge >= 0.3 is 0 Å². The number of nitrogens with one attached hydrogen (secondary N) is 1. The minimum absolute atomic E-state index is 0.141. The lowest BCUT2D eigenvalue weighted by molar-refractivity contribution is -0.122. The van der Waals surface area contributed by atoms with Crippen LogP contribution < -0.4 is 14.4 Å². The van der Waals surface area contributed by atoms with Crippen LogP contribution in [0.1, 0.15) is 18.1 Å². The number of nitrogens with zero attached hydrogens (tertiary/aromatic N) is 1. The van der Waals surface area contributed by atoms with E-state index in [4.69, 9.17) is 27.9 Å². The van der Waals surface area contributed by atoms with Crippen molar-refractivity contribution in [1.29, 1.82) is 0 Å². The lowest BCUT2D eigenvalue weighted by atomic mass is 10.1. The fourth-order valence-corrected chi connectivity index (χ4v) is 4.39. The van der Waals surface area contributed by atoms with Gasteiger partial charge in [-0.25, -0.2) is 8.42 Å². The number of amides is 1. The quantitative estimate of drug-likeness (QED) is 0.704. The predicted octanol–water partition coefficient (Wildman–Crippen LogP) is 3.78. The summed E-state index contributed by atoms with van der Waals surface area (Å²) in [6, 6.07) is 9.08. The lowest BCUT2D eigenvalue weighted by Gasteiger charge is -2.29. The topological polar surface area (TPSA) is 75.7 Å². The Morgan fingerprint density at radius 3 is 2.46 bits per heavy atom. The van der Waals surface area contributed by atoms with E-state index in [1.807, 2.05) is 6.92 Å². The summed E-state index contributed by atoms with van der Waals surface area (Å²) in [4.78, 5) is 12.7. The van der Waals surface area contributed by atoms with E-state index >= 15 is 0 Å². The van der Waals surface area contributed by atoms with Crippen LogP contribution in [0.25, 0.3) is 0 Å². The number of sulfonamides is 1. The van der Waals surface area contributed by atoms with Crippen molar-refractivity contribution in [3.63, 3.8) is 0 Å². The van der Waals surface area contributed by atoms with Gasteiger partial charge in [-0.05, 0) is 49.2 Å². The largest absolute Gasteiger partial charge is 0.495 e. The van der Waals surface area contributed by atoms with Crippen molar-refractivity contribution in [1.82, 2.24) is 5.32 Å². The van der Waals surface area contributed by atoms with Crippen LogP contribution in [0, 0.1) is 6.92 Å². The molecule has 0 saturated carbocycles. The Hall–Kier alpha value is -1.96. The first kappa shape index (κ1) is 22.3. The van der Waals surface area contributed by atoms with Gasteiger partial charge in [0.05, 0.1) is 19.1 Å². The molecule has 2 rings (SSSR count). The van der Waals surface area contributed by atoms with E-state index in [1.165, 1.54) is 14.0 Å². The van der Waals surface area contributed by atoms with Crippen LogP contribution in [0.5, 0.6) is 5.75 Å². The molecule has 2 aromatic carbocycles. The number of ether oxygens (including phenoxy) is 1. The Labute approximate surface area is 175 Å². The highest BCUT2D eigenvalue weighted by Crippen LogP contribution is 2.32. The Morgan fingerprint density at radius 1 is 1.21 bits per heavy atom. The van der Waals surface area contributed by atoms with Crippen molar-refractivity contribution in [2.75, 3.05) is 17.7 Å².